The summed E-state index contributed by atoms with van der Waals surface area (Å²) in [6, 6.07) is 5.01. The number of anilines is 1. The van der Waals surface area contributed by atoms with Gasteiger partial charge in [-0.1, -0.05) is 28.8 Å². The van der Waals surface area contributed by atoms with Crippen molar-refractivity contribution in [1.29, 1.82) is 0 Å². The summed E-state index contributed by atoms with van der Waals surface area (Å²) in [6.07, 6.45) is 4.01. The summed E-state index contributed by atoms with van der Waals surface area (Å²) < 4.78 is 0.637. The highest BCUT2D eigenvalue weighted by Gasteiger charge is 2.29. The van der Waals surface area contributed by atoms with Gasteiger partial charge in [0, 0.05) is 16.6 Å². The molecule has 0 unspecified atom stereocenters. The Hall–Kier alpha value is -1.63. The largest absolute Gasteiger partial charge is 0.368 e. The quantitative estimate of drug-likeness (QED) is 0.658. The first-order chi connectivity index (χ1) is 9.49. The van der Waals surface area contributed by atoms with Gasteiger partial charge in [-0.25, -0.2) is 0 Å². The molecule has 2 N–H and O–H groups in total. The molecule has 0 aliphatic heterocycles. The van der Waals surface area contributed by atoms with E-state index in [4.69, 9.17) is 5.73 Å². The Labute approximate surface area is 125 Å². The SMILES string of the molecule is NC(=O)CN(c1ccc(Br)cc1[N+](=O)[O-])C1CCCC1. The highest BCUT2D eigenvalue weighted by atomic mass is 79.9. The molecule has 1 fully saturated rings. The average molecular weight is 342 g/mol. The van der Waals surface area contributed by atoms with Gasteiger partial charge in [0.05, 0.1) is 11.5 Å². The molecule has 2 rings (SSSR count). The van der Waals surface area contributed by atoms with Crippen LogP contribution in [0.15, 0.2) is 22.7 Å². The summed E-state index contributed by atoms with van der Waals surface area (Å²) in [4.78, 5) is 23.9. The van der Waals surface area contributed by atoms with Crippen LogP contribution in [0.4, 0.5) is 11.4 Å². The van der Waals surface area contributed by atoms with Gasteiger partial charge in [-0.15, -0.1) is 0 Å². The molecular weight excluding hydrogens is 326 g/mol. The van der Waals surface area contributed by atoms with Crippen LogP contribution < -0.4 is 10.6 Å². The molecular formula is C13H16BrN3O3. The number of carbonyl (C=O) groups excluding carboxylic acids is 1. The van der Waals surface area contributed by atoms with Gasteiger partial charge in [-0.2, -0.15) is 0 Å². The van der Waals surface area contributed by atoms with E-state index in [-0.39, 0.29) is 18.3 Å². The van der Waals surface area contributed by atoms with Gasteiger partial charge in [-0.05, 0) is 25.0 Å². The number of hydrogen-bond acceptors (Lipinski definition) is 4. The summed E-state index contributed by atoms with van der Waals surface area (Å²) in [5.41, 5.74) is 5.75. The fraction of sp³-hybridized carbons (Fsp3) is 0.462. The third-order valence-electron chi connectivity index (χ3n) is 3.54. The lowest BCUT2D eigenvalue weighted by Crippen LogP contribution is -2.40. The Balaban J connectivity index is 2.41. The molecule has 20 heavy (non-hydrogen) atoms. The Kier molecular flexibility index (Phi) is 4.59. The number of carbonyl (C=O) groups is 1. The molecule has 0 bridgehead atoms. The molecule has 0 heterocycles. The van der Waals surface area contributed by atoms with Crippen molar-refractivity contribution in [2.45, 2.75) is 31.7 Å². The Morgan fingerprint density at radius 2 is 2.10 bits per heavy atom. The van der Waals surface area contributed by atoms with E-state index in [9.17, 15) is 14.9 Å². The van der Waals surface area contributed by atoms with Gasteiger partial charge < -0.3 is 10.6 Å². The zero-order valence-corrected chi connectivity index (χ0v) is 12.5. The molecule has 1 aromatic rings. The van der Waals surface area contributed by atoms with Gasteiger partial charge in [0.1, 0.15) is 5.69 Å². The van der Waals surface area contributed by atoms with E-state index >= 15 is 0 Å². The topological polar surface area (TPSA) is 89.5 Å². The molecule has 0 saturated heterocycles. The molecule has 1 aliphatic carbocycles. The zero-order valence-electron chi connectivity index (χ0n) is 10.9. The normalized spacial score (nSPS) is 15.2. The number of rotatable bonds is 5. The van der Waals surface area contributed by atoms with Crippen LogP contribution in [-0.4, -0.2) is 23.4 Å². The fourth-order valence-electron chi connectivity index (χ4n) is 2.68. The highest BCUT2D eigenvalue weighted by molar-refractivity contribution is 9.10. The maximum absolute atomic E-state index is 11.3. The lowest BCUT2D eigenvalue weighted by Gasteiger charge is -2.29. The van der Waals surface area contributed by atoms with Crippen molar-refractivity contribution in [3.05, 3.63) is 32.8 Å². The first-order valence-corrected chi connectivity index (χ1v) is 7.27. The van der Waals surface area contributed by atoms with E-state index in [2.05, 4.69) is 15.9 Å². The van der Waals surface area contributed by atoms with E-state index in [0.717, 1.165) is 25.7 Å². The monoisotopic (exact) mass is 341 g/mol. The number of primary amides is 1. The first kappa shape index (κ1) is 14.8. The smallest absolute Gasteiger partial charge is 0.293 e. The molecule has 1 saturated carbocycles. The van der Waals surface area contributed by atoms with Crippen LogP contribution in [0, 0.1) is 10.1 Å². The van der Waals surface area contributed by atoms with Gasteiger partial charge in [0.2, 0.25) is 5.91 Å². The Morgan fingerprint density at radius 1 is 1.45 bits per heavy atom. The molecule has 108 valence electrons. The zero-order chi connectivity index (χ0) is 14.7. The number of amides is 1. The number of benzene rings is 1. The Bertz CT molecular complexity index is 530. The molecule has 0 atom stereocenters. The van der Waals surface area contributed by atoms with Crippen molar-refractivity contribution < 1.29 is 9.72 Å². The molecule has 1 aliphatic rings. The lowest BCUT2D eigenvalue weighted by atomic mass is 10.1. The Morgan fingerprint density at radius 3 is 2.65 bits per heavy atom. The predicted octanol–water partition coefficient (Wildman–Crippen LogP) is 2.59. The summed E-state index contributed by atoms with van der Waals surface area (Å²) in [5.74, 6) is -0.478. The lowest BCUT2D eigenvalue weighted by molar-refractivity contribution is -0.384. The second-order valence-electron chi connectivity index (χ2n) is 4.92. The number of nitrogens with two attached hydrogens (primary N) is 1. The van der Waals surface area contributed by atoms with E-state index in [1.165, 1.54) is 6.07 Å². The van der Waals surface area contributed by atoms with Crippen LogP contribution in [0.5, 0.6) is 0 Å². The van der Waals surface area contributed by atoms with Gasteiger partial charge in [-0.3, -0.25) is 14.9 Å². The summed E-state index contributed by atoms with van der Waals surface area (Å²) >= 11 is 3.23. The molecule has 7 heteroatoms. The first-order valence-electron chi connectivity index (χ1n) is 6.48. The third kappa shape index (κ3) is 3.27. The maximum atomic E-state index is 11.3. The standard InChI is InChI=1S/C13H16BrN3O3/c14-9-5-6-11(12(7-9)17(19)20)16(8-13(15)18)10-3-1-2-4-10/h5-7,10H,1-4,8H2,(H2,15,18). The number of nitro benzene ring substituents is 1. The van der Waals surface area contributed by atoms with Crippen LogP contribution in [0.2, 0.25) is 0 Å². The number of halogens is 1. The van der Waals surface area contributed by atoms with Crippen molar-refractivity contribution in [1.82, 2.24) is 0 Å². The van der Waals surface area contributed by atoms with E-state index in [1.54, 1.807) is 17.0 Å². The molecule has 6 nitrogen and oxygen atoms in total. The van der Waals surface area contributed by atoms with Crippen molar-refractivity contribution >= 4 is 33.2 Å². The number of nitrogens with zero attached hydrogens (tertiary/aromatic N) is 2. The molecule has 0 spiro atoms. The summed E-state index contributed by atoms with van der Waals surface area (Å²) in [6.45, 7) is 0.00708. The minimum Gasteiger partial charge on any atom is -0.368 e. The van der Waals surface area contributed by atoms with Gasteiger partial charge in [0.15, 0.2) is 0 Å². The van der Waals surface area contributed by atoms with Crippen LogP contribution >= 0.6 is 15.9 Å². The summed E-state index contributed by atoms with van der Waals surface area (Å²) in [5, 5.41) is 11.2. The second-order valence-corrected chi connectivity index (χ2v) is 5.84. The number of hydrogen-bond donors (Lipinski definition) is 1. The molecule has 0 aromatic heterocycles. The van der Waals surface area contributed by atoms with Crippen molar-refractivity contribution in [2.75, 3.05) is 11.4 Å². The van der Waals surface area contributed by atoms with E-state index < -0.39 is 10.8 Å². The fourth-order valence-corrected chi connectivity index (χ4v) is 3.03. The van der Waals surface area contributed by atoms with Crippen molar-refractivity contribution in [3.8, 4) is 0 Å². The number of nitro groups is 1. The van der Waals surface area contributed by atoms with Crippen molar-refractivity contribution in [3.63, 3.8) is 0 Å². The molecule has 1 aromatic carbocycles. The third-order valence-corrected chi connectivity index (χ3v) is 4.03. The van der Waals surface area contributed by atoms with Crippen molar-refractivity contribution in [2.24, 2.45) is 5.73 Å². The summed E-state index contributed by atoms with van der Waals surface area (Å²) in [7, 11) is 0. The highest BCUT2D eigenvalue weighted by Crippen LogP contribution is 2.35. The predicted molar refractivity (Wildman–Crippen MR) is 79.6 cm³/mol. The van der Waals surface area contributed by atoms with Gasteiger partial charge >= 0.3 is 0 Å². The molecule has 1 amide bonds. The van der Waals surface area contributed by atoms with Gasteiger partial charge in [0.25, 0.3) is 5.69 Å². The van der Waals surface area contributed by atoms with Crippen LogP contribution in [0.25, 0.3) is 0 Å². The van der Waals surface area contributed by atoms with Crippen LogP contribution in [0.3, 0.4) is 0 Å². The van der Waals surface area contributed by atoms with Crippen LogP contribution in [0.1, 0.15) is 25.7 Å². The van der Waals surface area contributed by atoms with Crippen LogP contribution in [-0.2, 0) is 4.79 Å². The minimum atomic E-state index is -0.478. The minimum absolute atomic E-state index is 0.00692. The average Bonchev–Trinajstić information content (AvgIpc) is 2.89. The second kappa shape index (κ2) is 6.21. The maximum Gasteiger partial charge on any atom is 0.293 e. The van der Waals surface area contributed by atoms with E-state index in [1.807, 2.05) is 0 Å². The van der Waals surface area contributed by atoms with E-state index in [0.29, 0.717) is 10.2 Å². The molecule has 0 radical (unpaired) electrons.